The lowest BCUT2D eigenvalue weighted by Crippen LogP contribution is -2.12. The highest BCUT2D eigenvalue weighted by Crippen LogP contribution is 2.38. The van der Waals surface area contributed by atoms with Crippen LogP contribution in [-0.4, -0.2) is 17.6 Å². The van der Waals surface area contributed by atoms with Gasteiger partial charge in [0.25, 0.3) is 0 Å². The second kappa shape index (κ2) is 7.10. The Morgan fingerprint density at radius 1 is 1.15 bits per heavy atom. The fourth-order valence-electron chi connectivity index (χ4n) is 3.30. The Morgan fingerprint density at radius 3 is 2.70 bits per heavy atom. The predicted molar refractivity (Wildman–Crippen MR) is 108 cm³/mol. The predicted octanol–water partition coefficient (Wildman–Crippen LogP) is 5.10. The number of carbonyl (C=O) groups is 1. The van der Waals surface area contributed by atoms with Gasteiger partial charge in [0, 0.05) is 27.7 Å². The van der Waals surface area contributed by atoms with Gasteiger partial charge in [-0.2, -0.15) is 5.26 Å². The summed E-state index contributed by atoms with van der Waals surface area (Å²) < 4.78 is 0. The number of nitrogens with zero attached hydrogens (tertiary/aromatic N) is 2. The number of carboxylic acids is 1. The molecular formula is C22H16N2O2S. The Balaban J connectivity index is 1.63. The van der Waals surface area contributed by atoms with Gasteiger partial charge in [-0.1, -0.05) is 24.3 Å². The molecular weight excluding hydrogens is 356 g/mol. The van der Waals surface area contributed by atoms with Crippen molar-refractivity contribution in [2.24, 2.45) is 0 Å². The molecule has 0 saturated heterocycles. The monoisotopic (exact) mass is 372 g/mol. The van der Waals surface area contributed by atoms with E-state index < -0.39 is 5.97 Å². The lowest BCUT2D eigenvalue weighted by molar-refractivity contribution is -0.132. The first-order valence-corrected chi connectivity index (χ1v) is 9.38. The van der Waals surface area contributed by atoms with Gasteiger partial charge in [0.15, 0.2) is 0 Å². The van der Waals surface area contributed by atoms with Crippen LogP contribution in [0.25, 0.3) is 16.5 Å². The molecule has 4 rings (SSSR count). The maximum absolute atomic E-state index is 11.0. The maximum Gasteiger partial charge on any atom is 0.346 e. The third kappa shape index (κ3) is 3.35. The summed E-state index contributed by atoms with van der Waals surface area (Å²) in [7, 11) is 0. The van der Waals surface area contributed by atoms with E-state index in [1.807, 2.05) is 18.2 Å². The fraction of sp³-hybridized carbons (Fsp3) is 0.0909. The molecule has 1 aliphatic rings. The summed E-state index contributed by atoms with van der Waals surface area (Å²) in [5.74, 6) is -1.20. The molecule has 1 aliphatic heterocycles. The number of anilines is 2. The molecule has 4 nitrogen and oxygen atoms in total. The SMILES string of the molecule is N#CC(=Cc1ccc(-c2ccc3c(c2)CCN3c2ccccc2)s1)C(=O)O. The van der Waals surface area contributed by atoms with E-state index in [1.165, 1.54) is 34.4 Å². The molecule has 0 atom stereocenters. The van der Waals surface area contributed by atoms with E-state index in [1.54, 1.807) is 6.07 Å². The molecule has 1 N–H and O–H groups in total. The van der Waals surface area contributed by atoms with Crippen LogP contribution in [-0.2, 0) is 11.2 Å². The highest BCUT2D eigenvalue weighted by Gasteiger charge is 2.21. The van der Waals surface area contributed by atoms with Crippen LogP contribution in [0.4, 0.5) is 11.4 Å². The standard InChI is InChI=1S/C22H16N2O2S/c23-14-17(22(25)26)13-19-7-9-21(27-19)16-6-8-20-15(12-16)10-11-24(20)18-4-2-1-3-5-18/h1-9,12-13H,10-11H2,(H,25,26). The number of thiophene rings is 1. The van der Waals surface area contributed by atoms with Crippen molar-refractivity contribution in [3.63, 3.8) is 0 Å². The Labute approximate surface area is 161 Å². The Morgan fingerprint density at radius 2 is 1.96 bits per heavy atom. The lowest BCUT2D eigenvalue weighted by atomic mass is 10.1. The summed E-state index contributed by atoms with van der Waals surface area (Å²) >= 11 is 1.49. The van der Waals surface area contributed by atoms with E-state index in [9.17, 15) is 4.79 Å². The van der Waals surface area contributed by atoms with E-state index >= 15 is 0 Å². The average Bonchev–Trinajstić information content (AvgIpc) is 3.33. The van der Waals surface area contributed by atoms with Gasteiger partial charge in [0.1, 0.15) is 11.6 Å². The molecule has 27 heavy (non-hydrogen) atoms. The average molecular weight is 372 g/mol. The first-order chi connectivity index (χ1) is 13.2. The van der Waals surface area contributed by atoms with Crippen LogP contribution in [0, 0.1) is 11.3 Å². The highest BCUT2D eigenvalue weighted by atomic mass is 32.1. The molecule has 5 heteroatoms. The number of hydrogen-bond acceptors (Lipinski definition) is 4. The molecule has 0 radical (unpaired) electrons. The van der Waals surface area contributed by atoms with Crippen LogP contribution in [0.3, 0.4) is 0 Å². The summed E-state index contributed by atoms with van der Waals surface area (Å²) in [6, 6.07) is 22.4. The summed E-state index contributed by atoms with van der Waals surface area (Å²) in [5.41, 5.74) is 4.60. The van der Waals surface area contributed by atoms with E-state index in [2.05, 4.69) is 47.4 Å². The minimum atomic E-state index is -1.20. The third-order valence-corrected chi connectivity index (χ3v) is 5.67. The number of hydrogen-bond donors (Lipinski definition) is 1. The molecule has 0 fully saturated rings. The summed E-state index contributed by atoms with van der Waals surface area (Å²) in [6.45, 7) is 0.964. The molecule has 0 spiro atoms. The highest BCUT2D eigenvalue weighted by molar-refractivity contribution is 7.16. The molecule has 2 heterocycles. The molecule has 0 unspecified atom stereocenters. The van der Waals surface area contributed by atoms with Crippen molar-refractivity contribution < 1.29 is 9.90 Å². The number of carboxylic acid groups (broad SMARTS) is 1. The zero-order chi connectivity index (χ0) is 18.8. The minimum absolute atomic E-state index is 0.254. The van der Waals surface area contributed by atoms with Gasteiger partial charge in [-0.25, -0.2) is 4.79 Å². The van der Waals surface area contributed by atoms with Crippen molar-refractivity contribution in [2.75, 3.05) is 11.4 Å². The van der Waals surface area contributed by atoms with Crippen LogP contribution < -0.4 is 4.90 Å². The normalized spacial score (nSPS) is 13.3. The van der Waals surface area contributed by atoms with Crippen LogP contribution in [0.1, 0.15) is 10.4 Å². The Bertz CT molecular complexity index is 1080. The van der Waals surface area contributed by atoms with Crippen molar-refractivity contribution in [3.05, 3.63) is 76.7 Å². The van der Waals surface area contributed by atoms with Gasteiger partial charge in [-0.05, 0) is 60.0 Å². The second-order valence-electron chi connectivity index (χ2n) is 6.26. The van der Waals surface area contributed by atoms with E-state index in [0.717, 1.165) is 28.3 Å². The van der Waals surface area contributed by atoms with E-state index in [4.69, 9.17) is 10.4 Å². The summed E-state index contributed by atoms with van der Waals surface area (Å²) in [4.78, 5) is 15.1. The fourth-order valence-corrected chi connectivity index (χ4v) is 4.25. The largest absolute Gasteiger partial charge is 0.477 e. The minimum Gasteiger partial charge on any atom is -0.477 e. The number of para-hydroxylation sites is 1. The summed E-state index contributed by atoms with van der Waals surface area (Å²) in [5, 5.41) is 17.9. The molecule has 0 saturated carbocycles. The van der Waals surface area contributed by atoms with Gasteiger partial charge >= 0.3 is 5.97 Å². The maximum atomic E-state index is 11.0. The van der Waals surface area contributed by atoms with Gasteiger partial charge in [0.2, 0.25) is 0 Å². The molecule has 0 bridgehead atoms. The van der Waals surface area contributed by atoms with Gasteiger partial charge in [-0.3, -0.25) is 0 Å². The molecule has 1 aromatic heterocycles. The van der Waals surface area contributed by atoms with Gasteiger partial charge in [0.05, 0.1) is 0 Å². The van der Waals surface area contributed by atoms with E-state index in [0.29, 0.717) is 0 Å². The smallest absolute Gasteiger partial charge is 0.346 e. The molecule has 0 aliphatic carbocycles. The van der Waals surface area contributed by atoms with Crippen LogP contribution in [0.5, 0.6) is 0 Å². The number of nitriles is 1. The molecule has 2 aromatic carbocycles. The van der Waals surface area contributed by atoms with Crippen LogP contribution in [0.15, 0.2) is 66.2 Å². The van der Waals surface area contributed by atoms with Crippen molar-refractivity contribution in [3.8, 4) is 16.5 Å². The van der Waals surface area contributed by atoms with Crippen molar-refractivity contribution in [1.82, 2.24) is 0 Å². The summed E-state index contributed by atoms with van der Waals surface area (Å²) in [6.07, 6.45) is 2.41. The number of rotatable bonds is 4. The number of fused-ring (bicyclic) bond motifs is 1. The van der Waals surface area contributed by atoms with Crippen LogP contribution in [0.2, 0.25) is 0 Å². The Kier molecular flexibility index (Phi) is 4.49. The first kappa shape index (κ1) is 17.1. The van der Waals surface area contributed by atoms with Crippen molar-refractivity contribution >= 4 is 34.8 Å². The molecule has 0 amide bonds. The number of benzene rings is 2. The Hall–Kier alpha value is -3.36. The topological polar surface area (TPSA) is 64.3 Å². The third-order valence-electron chi connectivity index (χ3n) is 4.59. The van der Waals surface area contributed by atoms with Gasteiger partial charge < -0.3 is 10.0 Å². The molecule has 3 aromatic rings. The van der Waals surface area contributed by atoms with Crippen molar-refractivity contribution in [2.45, 2.75) is 6.42 Å². The first-order valence-electron chi connectivity index (χ1n) is 8.56. The van der Waals surface area contributed by atoms with Gasteiger partial charge in [-0.15, -0.1) is 11.3 Å². The lowest BCUT2D eigenvalue weighted by Gasteiger charge is -2.19. The van der Waals surface area contributed by atoms with E-state index in [-0.39, 0.29) is 5.57 Å². The van der Waals surface area contributed by atoms with Crippen LogP contribution >= 0.6 is 11.3 Å². The molecule has 132 valence electrons. The quantitative estimate of drug-likeness (QED) is 0.511. The zero-order valence-corrected chi connectivity index (χ0v) is 15.2. The van der Waals surface area contributed by atoms with Crippen molar-refractivity contribution in [1.29, 1.82) is 5.26 Å². The second-order valence-corrected chi connectivity index (χ2v) is 7.37. The zero-order valence-electron chi connectivity index (χ0n) is 14.4. The number of aliphatic carboxylic acids is 1.